The Morgan fingerprint density at radius 3 is 2.00 bits per heavy atom. The van der Waals surface area contributed by atoms with Gasteiger partial charge in [-0.15, -0.1) is 0 Å². The van der Waals surface area contributed by atoms with Gasteiger partial charge < -0.3 is 10.6 Å². The number of benzene rings is 2. The molecule has 1 unspecified atom stereocenters. The molecular weight excluding hydrogens is 357 g/mol. The second-order valence-electron chi connectivity index (χ2n) is 6.64. The minimum atomic E-state index is -4.94. The number of hydrogen-bond donors (Lipinski definition) is 2. The monoisotopic (exact) mass is 376 g/mol. The summed E-state index contributed by atoms with van der Waals surface area (Å²) in [5.41, 5.74) is 1.61. The molecule has 4 nitrogen and oxygen atoms in total. The van der Waals surface area contributed by atoms with Crippen LogP contribution >= 0.6 is 0 Å². The van der Waals surface area contributed by atoms with Gasteiger partial charge >= 0.3 is 12.1 Å². The second kappa shape index (κ2) is 7.82. The van der Waals surface area contributed by atoms with Crippen LogP contribution in [0.4, 0.5) is 24.5 Å². The Bertz CT molecular complexity index is 800. The molecule has 142 valence electrons. The highest BCUT2D eigenvalue weighted by molar-refractivity contribution is 5.95. The summed E-state index contributed by atoms with van der Waals surface area (Å²) in [4.78, 5) is 23.3. The van der Waals surface area contributed by atoms with Crippen LogP contribution in [0.25, 0.3) is 0 Å². The third-order valence-corrected chi connectivity index (χ3v) is 4.51. The highest BCUT2D eigenvalue weighted by Crippen LogP contribution is 2.44. The van der Waals surface area contributed by atoms with Gasteiger partial charge in [-0.05, 0) is 54.5 Å². The van der Waals surface area contributed by atoms with Crippen LogP contribution in [0.2, 0.25) is 0 Å². The van der Waals surface area contributed by atoms with Crippen LogP contribution in [0.15, 0.2) is 54.6 Å². The summed E-state index contributed by atoms with van der Waals surface area (Å²) in [6.07, 6.45) is -2.37. The molecule has 2 aromatic carbocycles. The Kier molecular flexibility index (Phi) is 5.48. The van der Waals surface area contributed by atoms with E-state index in [2.05, 4.69) is 5.32 Å². The number of rotatable bonds is 6. The predicted molar refractivity (Wildman–Crippen MR) is 96.3 cm³/mol. The molecule has 0 heterocycles. The number of nitrogens with one attached hydrogen (secondary N) is 2. The fourth-order valence-corrected chi connectivity index (χ4v) is 3.01. The molecule has 0 bridgehead atoms. The highest BCUT2D eigenvalue weighted by Gasteiger charge is 2.38. The lowest BCUT2D eigenvalue weighted by molar-refractivity contribution is -0.167. The van der Waals surface area contributed by atoms with E-state index >= 15 is 0 Å². The summed E-state index contributed by atoms with van der Waals surface area (Å²) in [7, 11) is 0. The third kappa shape index (κ3) is 5.32. The molecule has 1 fully saturated rings. The lowest BCUT2D eigenvalue weighted by atomic mass is 9.91. The lowest BCUT2D eigenvalue weighted by Crippen LogP contribution is -2.29. The van der Waals surface area contributed by atoms with Crippen molar-refractivity contribution in [3.8, 4) is 0 Å². The van der Waals surface area contributed by atoms with E-state index in [0.29, 0.717) is 18.0 Å². The van der Waals surface area contributed by atoms with Crippen LogP contribution in [0, 0.1) is 5.92 Å². The Balaban J connectivity index is 1.58. The van der Waals surface area contributed by atoms with Crippen molar-refractivity contribution in [3.63, 3.8) is 0 Å². The van der Waals surface area contributed by atoms with Crippen LogP contribution in [-0.2, 0) is 9.59 Å². The van der Waals surface area contributed by atoms with E-state index in [4.69, 9.17) is 0 Å². The topological polar surface area (TPSA) is 58.2 Å². The van der Waals surface area contributed by atoms with Crippen molar-refractivity contribution in [1.82, 2.24) is 0 Å². The molecule has 0 saturated heterocycles. The summed E-state index contributed by atoms with van der Waals surface area (Å²) in [5.74, 6) is -1.51. The van der Waals surface area contributed by atoms with Crippen molar-refractivity contribution in [2.45, 2.75) is 31.4 Å². The molecule has 1 aliphatic rings. The smallest absolute Gasteiger partial charge is 0.326 e. The maximum Gasteiger partial charge on any atom is 0.471 e. The van der Waals surface area contributed by atoms with Crippen LogP contribution in [0.1, 0.15) is 30.7 Å². The third-order valence-electron chi connectivity index (χ3n) is 4.51. The molecular formula is C20H19F3N2O2. The first kappa shape index (κ1) is 18.9. The van der Waals surface area contributed by atoms with Crippen molar-refractivity contribution >= 4 is 23.2 Å². The predicted octanol–water partition coefficient (Wildman–Crippen LogP) is 4.71. The van der Waals surface area contributed by atoms with Crippen LogP contribution in [0.5, 0.6) is 0 Å². The molecule has 0 spiro atoms. The first-order valence-corrected chi connectivity index (χ1v) is 8.66. The maximum atomic E-state index is 12.4. The largest absolute Gasteiger partial charge is 0.471 e. The molecule has 1 aliphatic carbocycles. The zero-order valence-corrected chi connectivity index (χ0v) is 14.4. The van der Waals surface area contributed by atoms with Crippen molar-refractivity contribution < 1.29 is 22.8 Å². The number of amides is 2. The number of halogens is 3. The Labute approximate surface area is 154 Å². The number of carbonyl (C=O) groups excluding carboxylic acids is 2. The number of anilines is 2. The Hall–Kier alpha value is -2.83. The first-order valence-electron chi connectivity index (χ1n) is 8.66. The van der Waals surface area contributed by atoms with Gasteiger partial charge in [0.2, 0.25) is 5.91 Å². The second-order valence-corrected chi connectivity index (χ2v) is 6.64. The van der Waals surface area contributed by atoms with E-state index in [-0.39, 0.29) is 17.5 Å². The summed E-state index contributed by atoms with van der Waals surface area (Å²) in [6, 6.07) is 15.4. The normalized spacial score (nSPS) is 15.1. The molecule has 0 radical (unpaired) electrons. The van der Waals surface area contributed by atoms with Crippen molar-refractivity contribution in [2.24, 2.45) is 5.92 Å². The standard InChI is InChI=1S/C20H19F3N2O2/c21-20(22,23)19(27)25-16-10-8-15(9-11-16)24-18(26)12-17(14-6-7-14)13-4-2-1-3-5-13/h1-5,8-11,14,17H,6-7,12H2,(H,24,26)(H,25,27). The minimum Gasteiger partial charge on any atom is -0.326 e. The highest BCUT2D eigenvalue weighted by atomic mass is 19.4. The van der Waals surface area contributed by atoms with Crippen molar-refractivity contribution in [3.05, 3.63) is 60.2 Å². The molecule has 2 amide bonds. The average molecular weight is 376 g/mol. The van der Waals surface area contributed by atoms with Gasteiger partial charge in [-0.25, -0.2) is 0 Å². The van der Waals surface area contributed by atoms with Gasteiger partial charge in [0.05, 0.1) is 0 Å². The van der Waals surface area contributed by atoms with E-state index in [1.165, 1.54) is 24.3 Å². The minimum absolute atomic E-state index is 0.00969. The number of alkyl halides is 3. The van der Waals surface area contributed by atoms with Crippen LogP contribution in [-0.4, -0.2) is 18.0 Å². The van der Waals surface area contributed by atoms with Gasteiger partial charge in [-0.1, -0.05) is 30.3 Å². The molecule has 3 rings (SSSR count). The Morgan fingerprint density at radius 2 is 1.48 bits per heavy atom. The molecule has 1 saturated carbocycles. The zero-order chi connectivity index (χ0) is 19.4. The van der Waals surface area contributed by atoms with Gasteiger partial charge in [-0.2, -0.15) is 13.2 Å². The van der Waals surface area contributed by atoms with E-state index in [1.54, 1.807) is 5.32 Å². The average Bonchev–Trinajstić information content (AvgIpc) is 3.46. The molecule has 0 aromatic heterocycles. The van der Waals surface area contributed by atoms with Gasteiger partial charge in [0, 0.05) is 17.8 Å². The lowest BCUT2D eigenvalue weighted by Gasteiger charge is -2.16. The quantitative estimate of drug-likeness (QED) is 0.767. The van der Waals surface area contributed by atoms with E-state index in [9.17, 15) is 22.8 Å². The van der Waals surface area contributed by atoms with Gasteiger partial charge in [0.25, 0.3) is 0 Å². The van der Waals surface area contributed by atoms with Crippen molar-refractivity contribution in [1.29, 1.82) is 0 Å². The molecule has 2 N–H and O–H groups in total. The molecule has 7 heteroatoms. The molecule has 0 aliphatic heterocycles. The zero-order valence-electron chi connectivity index (χ0n) is 14.4. The maximum absolute atomic E-state index is 12.4. The van der Waals surface area contributed by atoms with Gasteiger partial charge in [0.1, 0.15) is 0 Å². The van der Waals surface area contributed by atoms with E-state index in [0.717, 1.165) is 18.4 Å². The molecule has 2 aromatic rings. The fourth-order valence-electron chi connectivity index (χ4n) is 3.01. The SMILES string of the molecule is O=C(CC(c1ccccc1)C1CC1)Nc1ccc(NC(=O)C(F)(F)F)cc1. The van der Waals surface area contributed by atoms with Gasteiger partial charge in [-0.3, -0.25) is 9.59 Å². The first-order chi connectivity index (χ1) is 12.8. The fraction of sp³-hybridized carbons (Fsp3) is 0.300. The summed E-state index contributed by atoms with van der Waals surface area (Å²) in [6.45, 7) is 0. The molecule has 27 heavy (non-hydrogen) atoms. The van der Waals surface area contributed by atoms with Crippen molar-refractivity contribution in [2.75, 3.05) is 10.6 Å². The van der Waals surface area contributed by atoms with E-state index < -0.39 is 12.1 Å². The van der Waals surface area contributed by atoms with E-state index in [1.807, 2.05) is 30.3 Å². The summed E-state index contributed by atoms with van der Waals surface area (Å²) >= 11 is 0. The number of hydrogen-bond acceptors (Lipinski definition) is 2. The Morgan fingerprint density at radius 1 is 0.926 bits per heavy atom. The summed E-state index contributed by atoms with van der Waals surface area (Å²) in [5, 5.41) is 4.52. The number of carbonyl (C=O) groups is 2. The van der Waals surface area contributed by atoms with Crippen LogP contribution in [0.3, 0.4) is 0 Å². The summed E-state index contributed by atoms with van der Waals surface area (Å²) < 4.78 is 36.7. The van der Waals surface area contributed by atoms with Gasteiger partial charge in [0.15, 0.2) is 0 Å². The molecule has 1 atom stereocenters. The van der Waals surface area contributed by atoms with Crippen LogP contribution < -0.4 is 10.6 Å².